The molecule has 0 spiro atoms. The number of carbonyl (C=O) groups is 1. The summed E-state index contributed by atoms with van der Waals surface area (Å²) in [4.78, 5) is 14.4. The van der Waals surface area contributed by atoms with E-state index in [2.05, 4.69) is 31.1 Å². The van der Waals surface area contributed by atoms with Crippen LogP contribution >= 0.6 is 0 Å². The number of amides is 2. The third-order valence-corrected chi connectivity index (χ3v) is 5.80. The summed E-state index contributed by atoms with van der Waals surface area (Å²) in [6.07, 6.45) is -2.44. The molecule has 1 unspecified atom stereocenters. The maximum atomic E-state index is 12.8. The molecule has 2 N–H and O–H groups in total. The first-order chi connectivity index (χ1) is 16.3. The van der Waals surface area contributed by atoms with Gasteiger partial charge in [-0.25, -0.2) is 4.79 Å². The number of halogens is 3. The van der Waals surface area contributed by atoms with Crippen LogP contribution < -0.4 is 10.6 Å². The molecule has 4 rings (SSSR count). The van der Waals surface area contributed by atoms with E-state index < -0.39 is 11.7 Å². The molecule has 0 saturated carbocycles. The number of hydrogen-bond acceptors (Lipinski definition) is 5. The molecule has 180 valence electrons. The van der Waals surface area contributed by atoms with E-state index in [0.29, 0.717) is 24.6 Å². The molecule has 2 amide bonds. The lowest BCUT2D eigenvalue weighted by molar-refractivity contribution is -0.137. The number of benzene rings is 2. The monoisotopic (exact) mass is 473 g/mol. The van der Waals surface area contributed by atoms with E-state index in [1.807, 2.05) is 31.2 Å². The summed E-state index contributed by atoms with van der Waals surface area (Å²) >= 11 is 0. The highest BCUT2D eigenvalue weighted by Crippen LogP contribution is 2.29. The Morgan fingerprint density at radius 1 is 1.12 bits per heavy atom. The van der Waals surface area contributed by atoms with Crippen LogP contribution in [0.4, 0.5) is 23.7 Å². The first kappa shape index (κ1) is 23.7. The van der Waals surface area contributed by atoms with Crippen LogP contribution in [0.2, 0.25) is 0 Å². The Morgan fingerprint density at radius 2 is 1.85 bits per heavy atom. The molecule has 11 heteroatoms. The summed E-state index contributed by atoms with van der Waals surface area (Å²) in [6.45, 7) is 4.59. The van der Waals surface area contributed by atoms with E-state index in [-0.39, 0.29) is 11.9 Å². The van der Waals surface area contributed by atoms with Gasteiger partial charge in [-0.2, -0.15) is 17.9 Å². The molecule has 3 aromatic rings. The lowest BCUT2D eigenvalue weighted by Gasteiger charge is -2.32. The van der Waals surface area contributed by atoms with Crippen LogP contribution in [0.1, 0.15) is 29.8 Å². The van der Waals surface area contributed by atoms with Crippen molar-refractivity contribution >= 4 is 11.7 Å². The summed E-state index contributed by atoms with van der Waals surface area (Å²) in [7, 11) is 0. The molecule has 1 atom stereocenters. The Kier molecular flexibility index (Phi) is 7.11. The van der Waals surface area contributed by atoms with E-state index in [1.54, 1.807) is 0 Å². The van der Waals surface area contributed by atoms with Crippen molar-refractivity contribution < 1.29 is 18.0 Å². The van der Waals surface area contributed by atoms with Crippen molar-refractivity contribution in [3.63, 3.8) is 0 Å². The van der Waals surface area contributed by atoms with Gasteiger partial charge in [-0.05, 0) is 79.1 Å². The predicted molar refractivity (Wildman–Crippen MR) is 120 cm³/mol. The van der Waals surface area contributed by atoms with E-state index in [0.717, 1.165) is 49.3 Å². The lowest BCUT2D eigenvalue weighted by Crippen LogP contribution is -2.41. The summed E-state index contributed by atoms with van der Waals surface area (Å²) in [5.74, 6) is 0.818. The van der Waals surface area contributed by atoms with Crippen LogP contribution in [-0.4, -0.2) is 50.8 Å². The Bertz CT molecular complexity index is 1100. The quantitative estimate of drug-likeness (QED) is 0.565. The van der Waals surface area contributed by atoms with Crippen molar-refractivity contribution in [3.8, 4) is 5.69 Å². The van der Waals surface area contributed by atoms with Crippen molar-refractivity contribution in [2.75, 3.05) is 25.0 Å². The van der Waals surface area contributed by atoms with Crippen molar-refractivity contribution in [1.29, 1.82) is 0 Å². The molecule has 1 aromatic heterocycles. The second-order valence-electron chi connectivity index (χ2n) is 8.50. The molecule has 8 nitrogen and oxygen atoms in total. The number of aryl methyl sites for hydroxylation is 1. The lowest BCUT2D eigenvalue weighted by atomic mass is 9.98. The number of hydrogen-bond donors (Lipinski definition) is 2. The molecule has 1 aliphatic heterocycles. The maximum Gasteiger partial charge on any atom is 0.416 e. The SMILES string of the molecule is Cc1ccc(NC(=O)NCC2CCCN(Cc3nnnn3-c3ccc(C(F)(F)F)cc3)C2)cc1. The molecule has 0 bridgehead atoms. The van der Waals surface area contributed by atoms with Crippen LogP contribution in [-0.2, 0) is 12.7 Å². The number of alkyl halides is 3. The zero-order valence-electron chi connectivity index (χ0n) is 18.7. The van der Waals surface area contributed by atoms with E-state index in [1.165, 1.54) is 16.8 Å². The first-order valence-electron chi connectivity index (χ1n) is 11.1. The highest BCUT2D eigenvalue weighted by Gasteiger charge is 2.30. The average Bonchev–Trinajstić information content (AvgIpc) is 3.27. The van der Waals surface area contributed by atoms with Crippen molar-refractivity contribution in [3.05, 3.63) is 65.5 Å². The molecule has 1 saturated heterocycles. The summed E-state index contributed by atoms with van der Waals surface area (Å²) < 4.78 is 40.0. The van der Waals surface area contributed by atoms with E-state index in [9.17, 15) is 18.0 Å². The van der Waals surface area contributed by atoms with Crippen LogP contribution in [0.5, 0.6) is 0 Å². The smallest absolute Gasteiger partial charge is 0.338 e. The minimum Gasteiger partial charge on any atom is -0.338 e. The van der Waals surface area contributed by atoms with Crippen molar-refractivity contribution in [2.24, 2.45) is 5.92 Å². The predicted octanol–water partition coefficient (Wildman–Crippen LogP) is 4.02. The van der Waals surface area contributed by atoms with Gasteiger partial charge in [0.25, 0.3) is 0 Å². The highest BCUT2D eigenvalue weighted by molar-refractivity contribution is 5.89. The van der Waals surface area contributed by atoms with Gasteiger partial charge in [0.2, 0.25) is 0 Å². The number of tetrazole rings is 1. The van der Waals surface area contributed by atoms with Gasteiger partial charge in [0.15, 0.2) is 5.82 Å². The molecular weight excluding hydrogens is 447 g/mol. The molecule has 1 aliphatic rings. The minimum atomic E-state index is -4.39. The number of likely N-dealkylation sites (tertiary alicyclic amines) is 1. The number of nitrogens with zero attached hydrogens (tertiary/aromatic N) is 5. The number of anilines is 1. The summed E-state index contributed by atoms with van der Waals surface area (Å²) in [6, 6.07) is 12.1. The van der Waals surface area contributed by atoms with Gasteiger partial charge in [-0.1, -0.05) is 17.7 Å². The Hall–Kier alpha value is -3.47. The Labute approximate surface area is 195 Å². The van der Waals surface area contributed by atoms with Gasteiger partial charge in [0.1, 0.15) is 0 Å². The number of urea groups is 1. The van der Waals surface area contributed by atoms with E-state index >= 15 is 0 Å². The Morgan fingerprint density at radius 3 is 2.56 bits per heavy atom. The number of nitrogens with one attached hydrogen (secondary N) is 2. The highest BCUT2D eigenvalue weighted by atomic mass is 19.4. The summed E-state index contributed by atoms with van der Waals surface area (Å²) in [5, 5.41) is 17.5. The standard InChI is InChI=1S/C23H26F3N7O/c1-16-4-8-19(9-5-16)28-22(34)27-13-17-3-2-12-32(14-17)15-21-29-30-31-33(21)20-10-6-18(7-11-20)23(24,25)26/h4-11,17H,2-3,12-15H2,1H3,(H2,27,28,34). The van der Waals surface area contributed by atoms with Crippen molar-refractivity contribution in [1.82, 2.24) is 30.4 Å². The van der Waals surface area contributed by atoms with Gasteiger partial charge in [-0.3, -0.25) is 4.90 Å². The maximum absolute atomic E-state index is 12.8. The molecule has 2 aromatic carbocycles. The number of aromatic nitrogens is 4. The molecule has 2 heterocycles. The fraction of sp³-hybridized carbons (Fsp3) is 0.391. The normalized spacial score (nSPS) is 16.9. The van der Waals surface area contributed by atoms with Crippen LogP contribution in [0.15, 0.2) is 48.5 Å². The van der Waals surface area contributed by atoms with Crippen molar-refractivity contribution in [2.45, 2.75) is 32.5 Å². The first-order valence-corrected chi connectivity index (χ1v) is 11.1. The number of rotatable bonds is 6. The molecule has 0 aliphatic carbocycles. The van der Waals surface area contributed by atoms with Gasteiger partial charge in [0.05, 0.1) is 17.8 Å². The van der Waals surface area contributed by atoms with Crippen LogP contribution in [0.3, 0.4) is 0 Å². The third-order valence-electron chi connectivity index (χ3n) is 5.80. The third kappa shape index (κ3) is 6.10. The molecule has 1 fully saturated rings. The molecule has 34 heavy (non-hydrogen) atoms. The zero-order valence-corrected chi connectivity index (χ0v) is 18.7. The largest absolute Gasteiger partial charge is 0.416 e. The zero-order chi connectivity index (χ0) is 24.1. The molecular formula is C23H26F3N7O. The second-order valence-corrected chi connectivity index (χ2v) is 8.50. The number of carbonyl (C=O) groups excluding carboxylic acids is 1. The van der Waals surface area contributed by atoms with Gasteiger partial charge >= 0.3 is 12.2 Å². The minimum absolute atomic E-state index is 0.243. The van der Waals surface area contributed by atoms with Gasteiger partial charge in [-0.15, -0.1) is 5.10 Å². The topological polar surface area (TPSA) is 88.0 Å². The number of piperidine rings is 1. The van der Waals surface area contributed by atoms with Gasteiger partial charge < -0.3 is 10.6 Å². The second kappa shape index (κ2) is 10.2. The molecule has 0 radical (unpaired) electrons. The van der Waals surface area contributed by atoms with Crippen LogP contribution in [0.25, 0.3) is 5.69 Å². The van der Waals surface area contributed by atoms with E-state index in [4.69, 9.17) is 0 Å². The fourth-order valence-electron chi connectivity index (χ4n) is 4.01. The van der Waals surface area contributed by atoms with Crippen LogP contribution in [0, 0.1) is 12.8 Å². The summed E-state index contributed by atoms with van der Waals surface area (Å²) in [5.41, 5.74) is 1.61. The Balaban J connectivity index is 1.31. The fourth-order valence-corrected chi connectivity index (χ4v) is 4.01. The average molecular weight is 474 g/mol. The van der Waals surface area contributed by atoms with Gasteiger partial charge in [0, 0.05) is 18.8 Å².